The van der Waals surface area contributed by atoms with Crippen LogP contribution in [0.1, 0.15) is 33.4 Å². The van der Waals surface area contributed by atoms with E-state index in [-0.39, 0.29) is 0 Å². The molecule has 0 saturated heterocycles. The Kier molecular flexibility index (Phi) is 9.21. The van der Waals surface area contributed by atoms with E-state index < -0.39 is 0 Å². The van der Waals surface area contributed by atoms with Crippen LogP contribution in [-0.2, 0) is 19.3 Å². The highest BCUT2D eigenvalue weighted by Gasteiger charge is 2.27. The molecule has 0 unspecified atom stereocenters. The summed E-state index contributed by atoms with van der Waals surface area (Å²) < 4.78 is 34.4. The molecule has 0 aliphatic rings. The fourth-order valence-corrected chi connectivity index (χ4v) is 4.92. The van der Waals surface area contributed by atoms with E-state index >= 15 is 0 Å². The second kappa shape index (κ2) is 13.0. The highest BCUT2D eigenvalue weighted by Crippen LogP contribution is 2.46. The Bertz CT molecular complexity index is 1170. The van der Waals surface area contributed by atoms with E-state index in [9.17, 15) is 0 Å². The fraction of sp³-hybridized carbons (Fsp3) is 0.273. The third kappa shape index (κ3) is 6.23. The molecule has 39 heavy (non-hydrogen) atoms. The van der Waals surface area contributed by atoms with E-state index in [1.165, 1.54) is 0 Å². The lowest BCUT2D eigenvalue weighted by Gasteiger charge is -2.25. The summed E-state index contributed by atoms with van der Waals surface area (Å²) in [6, 6.07) is 24.2. The summed E-state index contributed by atoms with van der Waals surface area (Å²) in [5.41, 5.74) is 6.25. The molecule has 4 aromatic carbocycles. The highest BCUT2D eigenvalue weighted by atomic mass is 16.5. The Labute approximate surface area is 231 Å². The van der Waals surface area contributed by atoms with Crippen molar-refractivity contribution in [1.82, 2.24) is 0 Å². The topological polar surface area (TPSA) is 55.4 Å². The van der Waals surface area contributed by atoms with E-state index in [0.717, 1.165) is 67.9 Å². The minimum absolute atomic E-state index is 0.617. The van der Waals surface area contributed by atoms with Gasteiger partial charge in [-0.05, 0) is 53.1 Å². The van der Waals surface area contributed by atoms with E-state index in [1.807, 2.05) is 36.4 Å². The lowest BCUT2D eigenvalue weighted by Crippen LogP contribution is -2.10. The predicted octanol–water partition coefficient (Wildman–Crippen LogP) is 6.51. The molecule has 0 bridgehead atoms. The summed E-state index contributed by atoms with van der Waals surface area (Å²) in [5.74, 6) is 4.71. The van der Waals surface area contributed by atoms with Crippen molar-refractivity contribution in [3.63, 3.8) is 0 Å². The van der Waals surface area contributed by atoms with Crippen LogP contribution in [0.3, 0.4) is 0 Å². The van der Waals surface area contributed by atoms with Gasteiger partial charge in [0.2, 0.25) is 0 Å². The van der Waals surface area contributed by atoms with Crippen molar-refractivity contribution >= 4 is 0 Å². The molecule has 0 spiro atoms. The molecule has 0 aliphatic carbocycles. The predicted molar refractivity (Wildman–Crippen MR) is 153 cm³/mol. The number of methoxy groups -OCH3 is 6. The van der Waals surface area contributed by atoms with Gasteiger partial charge in [-0.2, -0.15) is 0 Å². The van der Waals surface area contributed by atoms with Gasteiger partial charge in [-0.15, -0.1) is 0 Å². The quantitative estimate of drug-likeness (QED) is 0.209. The van der Waals surface area contributed by atoms with Crippen molar-refractivity contribution in [3.05, 3.63) is 106 Å². The normalized spacial score (nSPS) is 10.6. The number of hydrogen-bond donors (Lipinski definition) is 0. The van der Waals surface area contributed by atoms with Crippen molar-refractivity contribution in [3.8, 4) is 34.5 Å². The van der Waals surface area contributed by atoms with Gasteiger partial charge in [0.25, 0.3) is 0 Å². The minimum Gasteiger partial charge on any atom is -0.497 e. The first-order valence-corrected chi connectivity index (χ1v) is 12.8. The van der Waals surface area contributed by atoms with Crippen molar-refractivity contribution in [2.45, 2.75) is 19.3 Å². The van der Waals surface area contributed by atoms with Gasteiger partial charge in [-0.1, -0.05) is 36.4 Å². The van der Waals surface area contributed by atoms with E-state index in [1.54, 1.807) is 42.7 Å². The van der Waals surface area contributed by atoms with Crippen LogP contribution in [0, 0.1) is 0 Å². The zero-order valence-electron chi connectivity index (χ0n) is 23.5. The molecule has 0 atom stereocenters. The molecule has 0 fully saturated rings. The first-order chi connectivity index (χ1) is 19.0. The third-order valence-electron chi connectivity index (χ3n) is 6.88. The Morgan fingerprint density at radius 3 is 0.744 bits per heavy atom. The second-order valence-electron chi connectivity index (χ2n) is 9.11. The first-order valence-electron chi connectivity index (χ1n) is 12.8. The highest BCUT2D eigenvalue weighted by molar-refractivity contribution is 5.66. The summed E-state index contributed by atoms with van der Waals surface area (Å²) in [6.45, 7) is 0. The molecule has 0 amide bonds. The third-order valence-corrected chi connectivity index (χ3v) is 6.88. The SMILES string of the molecule is COc1ccc(Cc2c(OC)c(Cc3ccc(OC)cc3)c(OC)c(Cc3ccc(OC)cc3)c2OC)cc1. The molecule has 0 saturated carbocycles. The van der Waals surface area contributed by atoms with Crippen LogP contribution in [-0.4, -0.2) is 42.7 Å². The smallest absolute Gasteiger partial charge is 0.133 e. The van der Waals surface area contributed by atoms with Gasteiger partial charge >= 0.3 is 0 Å². The molecular formula is C33H36O6. The van der Waals surface area contributed by atoms with Gasteiger partial charge in [0.15, 0.2) is 0 Å². The van der Waals surface area contributed by atoms with Gasteiger partial charge in [0.1, 0.15) is 34.5 Å². The molecule has 0 aromatic heterocycles. The summed E-state index contributed by atoms with van der Waals surface area (Å²) in [7, 11) is 10.1. The van der Waals surface area contributed by atoms with Crippen LogP contribution in [0.2, 0.25) is 0 Å². The summed E-state index contributed by atoms with van der Waals surface area (Å²) in [4.78, 5) is 0. The van der Waals surface area contributed by atoms with Crippen LogP contribution in [0.25, 0.3) is 0 Å². The Morgan fingerprint density at radius 2 is 0.564 bits per heavy atom. The largest absolute Gasteiger partial charge is 0.497 e. The van der Waals surface area contributed by atoms with Gasteiger partial charge in [0, 0.05) is 36.0 Å². The van der Waals surface area contributed by atoms with Crippen LogP contribution >= 0.6 is 0 Å². The molecule has 204 valence electrons. The maximum Gasteiger partial charge on any atom is 0.133 e. The molecule has 0 aliphatic heterocycles. The van der Waals surface area contributed by atoms with Crippen molar-refractivity contribution in [2.75, 3.05) is 42.7 Å². The monoisotopic (exact) mass is 528 g/mol. The molecule has 4 aromatic rings. The minimum atomic E-state index is 0.617. The van der Waals surface area contributed by atoms with Gasteiger partial charge in [-0.3, -0.25) is 0 Å². The van der Waals surface area contributed by atoms with Gasteiger partial charge < -0.3 is 28.4 Å². The van der Waals surface area contributed by atoms with Gasteiger partial charge in [-0.25, -0.2) is 0 Å². The lowest BCUT2D eigenvalue weighted by molar-refractivity contribution is 0.359. The standard InChI is InChI=1S/C33H36O6/c1-34-25-13-7-22(8-14-25)19-28-31(37-4)29(20-23-9-15-26(35-2)16-10-23)33(39-6)30(32(28)38-5)21-24-11-17-27(36-3)18-12-24/h7-18H,19-21H2,1-6H3. The van der Waals surface area contributed by atoms with Crippen molar-refractivity contribution in [1.29, 1.82) is 0 Å². The number of benzene rings is 4. The number of ether oxygens (including phenoxy) is 6. The molecular weight excluding hydrogens is 492 g/mol. The molecule has 6 nitrogen and oxygen atoms in total. The van der Waals surface area contributed by atoms with Crippen LogP contribution < -0.4 is 28.4 Å². The Balaban J connectivity index is 1.89. The van der Waals surface area contributed by atoms with Crippen LogP contribution in [0.4, 0.5) is 0 Å². The Hall–Kier alpha value is -4.32. The molecule has 0 N–H and O–H groups in total. The fourth-order valence-electron chi connectivity index (χ4n) is 4.92. The summed E-state index contributed by atoms with van der Waals surface area (Å²) >= 11 is 0. The molecule has 6 heteroatoms. The van der Waals surface area contributed by atoms with Crippen molar-refractivity contribution in [2.24, 2.45) is 0 Å². The van der Waals surface area contributed by atoms with Gasteiger partial charge in [0.05, 0.1) is 42.7 Å². The lowest BCUT2D eigenvalue weighted by atomic mass is 9.90. The summed E-state index contributed by atoms with van der Waals surface area (Å²) in [6.07, 6.45) is 1.85. The van der Waals surface area contributed by atoms with E-state index in [4.69, 9.17) is 28.4 Å². The summed E-state index contributed by atoms with van der Waals surface area (Å²) in [5, 5.41) is 0. The molecule has 0 radical (unpaired) electrons. The van der Waals surface area contributed by atoms with Crippen LogP contribution in [0.5, 0.6) is 34.5 Å². The maximum absolute atomic E-state index is 6.11. The zero-order chi connectivity index (χ0) is 27.8. The number of hydrogen-bond acceptors (Lipinski definition) is 6. The van der Waals surface area contributed by atoms with Crippen LogP contribution in [0.15, 0.2) is 72.8 Å². The maximum atomic E-state index is 6.11. The zero-order valence-corrected chi connectivity index (χ0v) is 23.5. The van der Waals surface area contributed by atoms with E-state index in [2.05, 4.69) is 36.4 Å². The second-order valence-corrected chi connectivity index (χ2v) is 9.11. The van der Waals surface area contributed by atoms with E-state index in [0.29, 0.717) is 19.3 Å². The molecule has 4 rings (SSSR count). The Morgan fingerprint density at radius 1 is 0.333 bits per heavy atom. The first kappa shape index (κ1) is 27.7. The average Bonchev–Trinajstić information content (AvgIpc) is 2.98. The molecule has 0 heterocycles. The van der Waals surface area contributed by atoms with Crippen molar-refractivity contribution < 1.29 is 28.4 Å². The average molecular weight is 529 g/mol. The number of rotatable bonds is 12.